The van der Waals surface area contributed by atoms with E-state index in [4.69, 9.17) is 9.97 Å². The second-order valence-corrected chi connectivity index (χ2v) is 12.9. The molecule has 0 saturated carbocycles. The van der Waals surface area contributed by atoms with Gasteiger partial charge >= 0.3 is 0 Å². The number of hydrogen-bond acceptors (Lipinski definition) is 2. The van der Waals surface area contributed by atoms with Crippen molar-refractivity contribution in [1.29, 1.82) is 0 Å². The van der Waals surface area contributed by atoms with Crippen molar-refractivity contribution in [1.82, 2.24) is 9.97 Å². The van der Waals surface area contributed by atoms with Gasteiger partial charge in [-0.05, 0) is 74.7 Å². The predicted molar refractivity (Wildman–Crippen MR) is 199 cm³/mol. The van der Waals surface area contributed by atoms with Crippen LogP contribution in [0.2, 0.25) is 0 Å². The molecule has 2 aromatic heterocycles. The third-order valence-corrected chi connectivity index (χ3v) is 10.4. The van der Waals surface area contributed by atoms with Crippen LogP contribution in [-0.4, -0.2) is 9.97 Å². The van der Waals surface area contributed by atoms with Crippen LogP contribution in [0.4, 0.5) is 0 Å². The summed E-state index contributed by atoms with van der Waals surface area (Å²) in [7, 11) is 0. The van der Waals surface area contributed by atoms with E-state index >= 15 is 0 Å². The fourth-order valence-electron chi connectivity index (χ4n) is 8.35. The molecule has 0 saturated heterocycles. The molecular weight excluding hydrogens is 581 g/mol. The molecule has 8 aromatic rings. The Morgan fingerprint density at radius 1 is 0.542 bits per heavy atom. The van der Waals surface area contributed by atoms with Crippen molar-refractivity contribution in [2.75, 3.05) is 0 Å². The molecule has 0 spiro atoms. The van der Waals surface area contributed by atoms with E-state index in [-0.39, 0.29) is 5.41 Å². The van der Waals surface area contributed by atoms with Crippen LogP contribution < -0.4 is 0 Å². The number of pyridine rings is 2. The van der Waals surface area contributed by atoms with Crippen molar-refractivity contribution in [2.45, 2.75) is 11.8 Å². The Morgan fingerprint density at radius 2 is 1.25 bits per heavy atom. The summed E-state index contributed by atoms with van der Waals surface area (Å²) in [6, 6.07) is 55.2. The van der Waals surface area contributed by atoms with Crippen LogP contribution in [0.1, 0.15) is 28.7 Å². The largest absolute Gasteiger partial charge is 0.254 e. The van der Waals surface area contributed by atoms with Gasteiger partial charge in [-0.3, -0.25) is 4.98 Å². The van der Waals surface area contributed by atoms with Crippen LogP contribution in [-0.2, 0) is 5.41 Å². The van der Waals surface area contributed by atoms with Gasteiger partial charge in [0.15, 0.2) is 0 Å². The molecular formula is C46H30N2. The first-order valence-electron chi connectivity index (χ1n) is 16.6. The highest BCUT2D eigenvalue weighted by Gasteiger charge is 2.47. The Kier molecular flexibility index (Phi) is 5.89. The van der Waals surface area contributed by atoms with Crippen molar-refractivity contribution < 1.29 is 0 Å². The summed E-state index contributed by atoms with van der Waals surface area (Å²) < 4.78 is 0. The normalized spacial score (nSPS) is 14.6. The Labute approximate surface area is 279 Å². The zero-order valence-electron chi connectivity index (χ0n) is 26.3. The number of benzene rings is 6. The SMILES string of the molecule is C1=CC2=C(C1)c1ccc(-c3ccc(-c4c5ccccc5nc5c4ccc4cccnc45)cc3)cc1C2(c1ccccc1)c1ccccc1. The van der Waals surface area contributed by atoms with Gasteiger partial charge in [-0.2, -0.15) is 0 Å². The summed E-state index contributed by atoms with van der Waals surface area (Å²) in [5.74, 6) is 0. The smallest absolute Gasteiger partial charge is 0.0978 e. The van der Waals surface area contributed by atoms with Crippen LogP contribution in [0.5, 0.6) is 0 Å². The van der Waals surface area contributed by atoms with Gasteiger partial charge < -0.3 is 0 Å². The van der Waals surface area contributed by atoms with Crippen molar-refractivity contribution >= 4 is 38.3 Å². The van der Waals surface area contributed by atoms with E-state index < -0.39 is 0 Å². The molecule has 2 heterocycles. The van der Waals surface area contributed by atoms with Crippen LogP contribution in [0.25, 0.3) is 60.5 Å². The molecule has 48 heavy (non-hydrogen) atoms. The molecule has 0 amide bonds. The van der Waals surface area contributed by atoms with Gasteiger partial charge in [-0.15, -0.1) is 0 Å². The molecule has 0 unspecified atom stereocenters. The van der Waals surface area contributed by atoms with E-state index in [1.807, 2.05) is 12.3 Å². The molecule has 0 bridgehead atoms. The highest BCUT2D eigenvalue weighted by Crippen LogP contribution is 2.58. The van der Waals surface area contributed by atoms with Gasteiger partial charge in [0.1, 0.15) is 0 Å². The molecule has 0 radical (unpaired) electrons. The number of fused-ring (bicyclic) bond motifs is 6. The maximum absolute atomic E-state index is 5.11. The summed E-state index contributed by atoms with van der Waals surface area (Å²) in [6.45, 7) is 0. The summed E-state index contributed by atoms with van der Waals surface area (Å²) in [5, 5.41) is 3.37. The monoisotopic (exact) mass is 610 g/mol. The standard InChI is InChI=1S/C46H30N2/c1-3-12-34(13-4-1)46(35-14-5-2-6-15-35)40-18-9-17-36(40)37-26-25-33(29-41(37)46)30-20-22-31(23-21-30)43-38-16-7-8-19-42(38)48-45-39(43)27-24-32-11-10-28-47-44(32)45/h1-16,18-29H,17H2. The average molecular weight is 611 g/mol. The van der Waals surface area contributed by atoms with E-state index in [0.29, 0.717) is 0 Å². The lowest BCUT2D eigenvalue weighted by Crippen LogP contribution is -2.29. The summed E-state index contributed by atoms with van der Waals surface area (Å²) in [4.78, 5) is 9.85. The van der Waals surface area contributed by atoms with E-state index in [1.54, 1.807) is 0 Å². The number of hydrogen-bond donors (Lipinski definition) is 0. The van der Waals surface area contributed by atoms with E-state index in [2.05, 4.69) is 158 Å². The average Bonchev–Trinajstić information content (AvgIpc) is 3.75. The second-order valence-electron chi connectivity index (χ2n) is 12.9. The quantitative estimate of drug-likeness (QED) is 0.146. The minimum Gasteiger partial charge on any atom is -0.254 e. The lowest BCUT2D eigenvalue weighted by molar-refractivity contribution is 0.763. The van der Waals surface area contributed by atoms with Gasteiger partial charge in [0.05, 0.1) is 22.0 Å². The molecule has 224 valence electrons. The van der Waals surface area contributed by atoms with Crippen molar-refractivity contribution in [3.63, 3.8) is 0 Å². The van der Waals surface area contributed by atoms with Gasteiger partial charge in [0.25, 0.3) is 0 Å². The molecule has 0 atom stereocenters. The molecule has 2 aliphatic rings. The van der Waals surface area contributed by atoms with Crippen LogP contribution in [0, 0.1) is 0 Å². The highest BCUT2D eigenvalue weighted by atomic mass is 14.7. The first kappa shape index (κ1) is 27.0. The number of rotatable bonds is 4. The molecule has 10 rings (SSSR count). The first-order chi connectivity index (χ1) is 23.8. The maximum atomic E-state index is 5.11. The molecule has 6 aromatic carbocycles. The molecule has 2 nitrogen and oxygen atoms in total. The Morgan fingerprint density at radius 3 is 2.04 bits per heavy atom. The van der Waals surface area contributed by atoms with Crippen LogP contribution >= 0.6 is 0 Å². The molecule has 2 heteroatoms. The third kappa shape index (κ3) is 3.80. The van der Waals surface area contributed by atoms with Crippen LogP contribution in [0.3, 0.4) is 0 Å². The van der Waals surface area contributed by atoms with E-state index in [9.17, 15) is 0 Å². The van der Waals surface area contributed by atoms with Crippen molar-refractivity contribution in [3.8, 4) is 22.3 Å². The van der Waals surface area contributed by atoms with E-state index in [0.717, 1.165) is 39.1 Å². The molecule has 0 N–H and O–H groups in total. The van der Waals surface area contributed by atoms with Gasteiger partial charge in [0, 0.05) is 27.9 Å². The van der Waals surface area contributed by atoms with Gasteiger partial charge in [-0.1, -0.05) is 146 Å². The minimum atomic E-state index is -0.359. The van der Waals surface area contributed by atoms with Crippen molar-refractivity contribution in [3.05, 3.63) is 198 Å². The lowest BCUT2D eigenvalue weighted by Gasteiger charge is -2.35. The number of allylic oxidation sites excluding steroid dienone is 4. The third-order valence-electron chi connectivity index (χ3n) is 10.4. The Bertz CT molecular complexity index is 2570. The Hall–Kier alpha value is -6.12. The molecule has 0 aliphatic heterocycles. The van der Waals surface area contributed by atoms with Gasteiger partial charge in [-0.25, -0.2) is 4.98 Å². The number of nitrogens with zero attached hydrogens (tertiary/aromatic N) is 2. The lowest BCUT2D eigenvalue weighted by atomic mass is 9.66. The summed E-state index contributed by atoms with van der Waals surface area (Å²) >= 11 is 0. The number of para-hydroxylation sites is 1. The topological polar surface area (TPSA) is 25.8 Å². The van der Waals surface area contributed by atoms with Crippen LogP contribution in [0.15, 0.2) is 176 Å². The fraction of sp³-hybridized carbons (Fsp3) is 0.0435. The number of aromatic nitrogens is 2. The summed E-state index contributed by atoms with van der Waals surface area (Å²) in [5.41, 5.74) is 15.5. The highest BCUT2D eigenvalue weighted by molar-refractivity contribution is 6.16. The minimum absolute atomic E-state index is 0.359. The molecule has 0 fully saturated rings. The Balaban J connectivity index is 1.15. The van der Waals surface area contributed by atoms with E-state index in [1.165, 1.54) is 55.7 Å². The zero-order chi connectivity index (χ0) is 31.7. The van der Waals surface area contributed by atoms with Crippen molar-refractivity contribution in [2.24, 2.45) is 0 Å². The van der Waals surface area contributed by atoms with Gasteiger partial charge in [0.2, 0.25) is 0 Å². The summed E-state index contributed by atoms with van der Waals surface area (Å²) in [6.07, 6.45) is 7.52. The maximum Gasteiger partial charge on any atom is 0.0978 e. The predicted octanol–water partition coefficient (Wildman–Crippen LogP) is 11.3. The zero-order valence-corrected chi connectivity index (χ0v) is 26.3. The molecule has 2 aliphatic carbocycles. The first-order valence-corrected chi connectivity index (χ1v) is 16.6. The fourth-order valence-corrected chi connectivity index (χ4v) is 8.35. The second kappa shape index (κ2) is 10.4.